The molecule has 3 rings (SSSR count). The number of benzene rings is 1. The molecule has 1 N–H and O–H groups in total. The van der Waals surface area contributed by atoms with E-state index in [2.05, 4.69) is 0 Å². The number of rotatable bonds is 6. The Labute approximate surface area is 137 Å². The summed E-state index contributed by atoms with van der Waals surface area (Å²) in [5.74, 6) is -1.34. The number of Topliss-reactive ketones (excluding diaryl/α,β-unsaturated/α-hetero) is 1. The number of hydrogen-bond donors (Lipinski definition) is 1. The molecule has 1 fully saturated rings. The minimum absolute atomic E-state index is 0.0271. The van der Waals surface area contributed by atoms with Crippen LogP contribution < -0.4 is 4.74 Å². The molecule has 120 valence electrons. The van der Waals surface area contributed by atoms with Crippen LogP contribution in [0, 0.1) is 5.92 Å². The molecule has 2 aliphatic heterocycles. The molecule has 0 aromatic heterocycles. The van der Waals surface area contributed by atoms with E-state index < -0.39 is 11.9 Å². The van der Waals surface area contributed by atoms with E-state index in [0.29, 0.717) is 10.7 Å². The highest BCUT2D eigenvalue weighted by Gasteiger charge is 2.56. The van der Waals surface area contributed by atoms with Gasteiger partial charge in [-0.25, -0.2) is 4.79 Å². The van der Waals surface area contributed by atoms with E-state index in [-0.39, 0.29) is 35.8 Å². The Hall–Kier alpha value is -2.28. The first-order valence-corrected chi connectivity index (χ1v) is 8.00. The lowest BCUT2D eigenvalue weighted by atomic mass is 9.92. The summed E-state index contributed by atoms with van der Waals surface area (Å²) >= 11 is 1.30. The summed E-state index contributed by atoms with van der Waals surface area (Å²) in [7, 11) is 0. The van der Waals surface area contributed by atoms with Crippen LogP contribution in [0.3, 0.4) is 0 Å². The summed E-state index contributed by atoms with van der Waals surface area (Å²) in [5, 5.41) is 9.09. The standard InChI is InChI=1S/C16H15NO5S/c1-9(18)7-11-14(19)17-13(16(20)21)12(23-15(11)17)8-22-10-5-3-2-4-6-10/h2-6,11,15H,7-8H2,1H3,(H,20,21)/t11-,15-/m1/s1. The van der Waals surface area contributed by atoms with Gasteiger partial charge in [-0.15, -0.1) is 0 Å². The van der Waals surface area contributed by atoms with E-state index >= 15 is 0 Å². The molecule has 2 heterocycles. The lowest BCUT2D eigenvalue weighted by Crippen LogP contribution is -2.57. The topological polar surface area (TPSA) is 83.9 Å². The molecule has 6 nitrogen and oxygen atoms in total. The number of ether oxygens (including phenoxy) is 1. The number of thioether (sulfide) groups is 1. The van der Waals surface area contributed by atoms with Crippen LogP contribution in [0.5, 0.6) is 5.75 Å². The van der Waals surface area contributed by atoms with Crippen molar-refractivity contribution in [3.63, 3.8) is 0 Å². The summed E-state index contributed by atoms with van der Waals surface area (Å²) < 4.78 is 5.60. The van der Waals surface area contributed by atoms with Gasteiger partial charge in [0.15, 0.2) is 0 Å². The number of carbonyl (C=O) groups is 3. The van der Waals surface area contributed by atoms with Gasteiger partial charge >= 0.3 is 5.97 Å². The van der Waals surface area contributed by atoms with Crippen molar-refractivity contribution in [2.75, 3.05) is 6.61 Å². The van der Waals surface area contributed by atoms with Gasteiger partial charge in [0.25, 0.3) is 0 Å². The molecule has 7 heteroatoms. The third-order valence-electron chi connectivity index (χ3n) is 3.74. The zero-order valence-electron chi connectivity index (χ0n) is 12.4. The van der Waals surface area contributed by atoms with Gasteiger partial charge in [-0.3, -0.25) is 9.69 Å². The Morgan fingerprint density at radius 2 is 2.00 bits per heavy atom. The number of fused-ring (bicyclic) bond motifs is 1. The normalized spacial score (nSPS) is 22.7. The fourth-order valence-electron chi connectivity index (χ4n) is 2.72. The van der Waals surface area contributed by atoms with Crippen molar-refractivity contribution in [1.29, 1.82) is 0 Å². The Bertz CT molecular complexity index is 700. The number of carbonyl (C=O) groups excluding carboxylic acids is 2. The molecule has 0 unspecified atom stereocenters. The highest BCUT2D eigenvalue weighted by molar-refractivity contribution is 8.04. The van der Waals surface area contributed by atoms with Gasteiger partial charge in [0.05, 0.1) is 16.2 Å². The third kappa shape index (κ3) is 2.84. The molecule has 1 saturated heterocycles. The lowest BCUT2D eigenvalue weighted by molar-refractivity contribution is -0.153. The SMILES string of the molecule is CC(=O)C[C@@H]1C(=O)N2C(C(=O)O)=C(COc3ccccc3)S[C@H]12. The van der Waals surface area contributed by atoms with E-state index in [1.165, 1.54) is 23.6 Å². The summed E-state index contributed by atoms with van der Waals surface area (Å²) in [5.41, 5.74) is -0.0271. The van der Waals surface area contributed by atoms with Crippen LogP contribution in [0.15, 0.2) is 40.9 Å². The second-order valence-corrected chi connectivity index (χ2v) is 6.62. The minimum Gasteiger partial charge on any atom is -0.488 e. The number of carboxylic acids is 1. The highest BCUT2D eigenvalue weighted by Crippen LogP contribution is 2.50. The van der Waals surface area contributed by atoms with Gasteiger partial charge in [0.2, 0.25) is 5.91 Å². The molecule has 0 spiro atoms. The fraction of sp³-hybridized carbons (Fsp3) is 0.312. The number of amides is 1. The number of hydrogen-bond acceptors (Lipinski definition) is 5. The number of carboxylic acid groups (broad SMARTS) is 1. The van der Waals surface area contributed by atoms with Crippen LogP contribution >= 0.6 is 11.8 Å². The second-order valence-electron chi connectivity index (χ2n) is 5.41. The zero-order chi connectivity index (χ0) is 16.6. The molecule has 23 heavy (non-hydrogen) atoms. The van der Waals surface area contributed by atoms with E-state index in [1.807, 2.05) is 18.2 Å². The van der Waals surface area contributed by atoms with Crippen LogP contribution in [-0.4, -0.2) is 39.6 Å². The molecular formula is C16H15NO5S. The molecule has 0 radical (unpaired) electrons. The van der Waals surface area contributed by atoms with Gasteiger partial charge < -0.3 is 14.6 Å². The number of β-lactam (4-membered cyclic amide) rings is 1. The van der Waals surface area contributed by atoms with Crippen LogP contribution in [-0.2, 0) is 14.4 Å². The highest BCUT2D eigenvalue weighted by atomic mass is 32.2. The average molecular weight is 333 g/mol. The molecule has 0 saturated carbocycles. The van der Waals surface area contributed by atoms with E-state index in [4.69, 9.17) is 4.74 Å². The van der Waals surface area contributed by atoms with Crippen LogP contribution in [0.1, 0.15) is 13.3 Å². The molecule has 1 amide bonds. The average Bonchev–Trinajstić information content (AvgIpc) is 2.87. The summed E-state index contributed by atoms with van der Waals surface area (Å²) in [6, 6.07) is 9.06. The van der Waals surface area contributed by atoms with Gasteiger partial charge in [-0.2, -0.15) is 0 Å². The molecule has 1 aromatic carbocycles. The predicted molar refractivity (Wildman–Crippen MR) is 83.6 cm³/mol. The molecule has 0 bridgehead atoms. The lowest BCUT2D eigenvalue weighted by Gasteiger charge is -2.41. The van der Waals surface area contributed by atoms with Gasteiger partial charge in [-0.1, -0.05) is 30.0 Å². The fourth-order valence-corrected chi connectivity index (χ4v) is 4.13. The largest absolute Gasteiger partial charge is 0.488 e. The Kier molecular flexibility index (Phi) is 4.12. The third-order valence-corrected chi connectivity index (χ3v) is 5.12. The molecule has 2 aliphatic rings. The van der Waals surface area contributed by atoms with Gasteiger partial charge in [-0.05, 0) is 19.1 Å². The van der Waals surface area contributed by atoms with Crippen molar-refractivity contribution in [2.24, 2.45) is 5.92 Å². The van der Waals surface area contributed by atoms with Crippen LogP contribution in [0.4, 0.5) is 0 Å². The molecule has 0 aliphatic carbocycles. The maximum Gasteiger partial charge on any atom is 0.353 e. The van der Waals surface area contributed by atoms with Crippen LogP contribution in [0.2, 0.25) is 0 Å². The monoisotopic (exact) mass is 333 g/mol. The second kappa shape index (κ2) is 6.08. The smallest absolute Gasteiger partial charge is 0.353 e. The number of nitrogens with zero attached hydrogens (tertiary/aromatic N) is 1. The van der Waals surface area contributed by atoms with Gasteiger partial charge in [0, 0.05) is 6.42 Å². The van der Waals surface area contributed by atoms with Gasteiger partial charge in [0.1, 0.15) is 23.8 Å². The number of para-hydroxylation sites is 1. The number of ketones is 1. The summed E-state index contributed by atoms with van der Waals surface area (Å²) in [4.78, 5) is 36.7. The first-order chi connectivity index (χ1) is 11.0. The van der Waals surface area contributed by atoms with Crippen LogP contribution in [0.25, 0.3) is 0 Å². The first-order valence-electron chi connectivity index (χ1n) is 7.12. The first kappa shape index (κ1) is 15.6. The Morgan fingerprint density at radius 3 is 2.61 bits per heavy atom. The van der Waals surface area contributed by atoms with Crippen molar-refractivity contribution in [3.8, 4) is 5.75 Å². The predicted octanol–water partition coefficient (Wildman–Crippen LogP) is 1.87. The van der Waals surface area contributed by atoms with Crippen molar-refractivity contribution in [1.82, 2.24) is 4.90 Å². The minimum atomic E-state index is -1.15. The Balaban J connectivity index is 1.76. The van der Waals surface area contributed by atoms with Crippen molar-refractivity contribution in [2.45, 2.75) is 18.7 Å². The maximum atomic E-state index is 12.1. The summed E-state index contributed by atoms with van der Waals surface area (Å²) in [6.07, 6.45) is 0.146. The van der Waals surface area contributed by atoms with Crippen molar-refractivity contribution >= 4 is 29.4 Å². The van der Waals surface area contributed by atoms with Crippen molar-refractivity contribution < 1.29 is 24.2 Å². The van der Waals surface area contributed by atoms with E-state index in [1.54, 1.807) is 12.1 Å². The van der Waals surface area contributed by atoms with E-state index in [0.717, 1.165) is 0 Å². The van der Waals surface area contributed by atoms with E-state index in [9.17, 15) is 19.5 Å². The number of aliphatic carboxylic acids is 1. The molecule has 1 aromatic rings. The zero-order valence-corrected chi connectivity index (χ0v) is 13.2. The summed E-state index contributed by atoms with van der Waals surface area (Å²) in [6.45, 7) is 1.52. The molecular weight excluding hydrogens is 318 g/mol. The molecule has 2 atom stereocenters. The Morgan fingerprint density at radius 1 is 1.30 bits per heavy atom. The van der Waals surface area contributed by atoms with Crippen molar-refractivity contribution in [3.05, 3.63) is 40.9 Å². The quantitative estimate of drug-likeness (QED) is 0.800. The maximum absolute atomic E-state index is 12.1.